The molecule has 3 atom stereocenters. The monoisotopic (exact) mass is 201 g/mol. The van der Waals surface area contributed by atoms with E-state index in [2.05, 4.69) is 34.6 Å². The first-order valence-corrected chi connectivity index (χ1v) is 5.61. The Kier molecular flexibility index (Phi) is 5.68. The molecule has 0 aromatic carbocycles. The molecule has 0 spiro atoms. The first kappa shape index (κ1) is 13.9. The minimum Gasteiger partial charge on any atom is -0.379 e. The van der Waals surface area contributed by atoms with Crippen LogP contribution in [-0.2, 0) is 4.74 Å². The molecule has 0 saturated carbocycles. The van der Waals surface area contributed by atoms with Crippen LogP contribution >= 0.6 is 0 Å². The summed E-state index contributed by atoms with van der Waals surface area (Å²) in [6.07, 6.45) is 2.39. The fraction of sp³-hybridized carbons (Fsp3) is 1.00. The molecule has 2 nitrogen and oxygen atoms in total. The summed E-state index contributed by atoms with van der Waals surface area (Å²) in [5, 5.41) is 0. The summed E-state index contributed by atoms with van der Waals surface area (Å²) in [5.41, 5.74) is 6.29. The molecule has 0 bridgehead atoms. The van der Waals surface area contributed by atoms with Crippen LogP contribution in [0.3, 0.4) is 0 Å². The van der Waals surface area contributed by atoms with E-state index in [0.29, 0.717) is 5.92 Å². The van der Waals surface area contributed by atoms with E-state index in [-0.39, 0.29) is 17.6 Å². The Hall–Kier alpha value is -0.0800. The van der Waals surface area contributed by atoms with E-state index in [9.17, 15) is 0 Å². The van der Waals surface area contributed by atoms with Crippen LogP contribution in [0.4, 0.5) is 0 Å². The van der Waals surface area contributed by atoms with Gasteiger partial charge >= 0.3 is 0 Å². The minimum absolute atomic E-state index is 0.127. The van der Waals surface area contributed by atoms with Crippen molar-refractivity contribution in [2.24, 2.45) is 17.1 Å². The lowest BCUT2D eigenvalue weighted by atomic mass is 9.81. The molecule has 0 saturated heterocycles. The zero-order valence-corrected chi connectivity index (χ0v) is 10.6. The molecule has 0 heterocycles. The highest BCUT2D eigenvalue weighted by Crippen LogP contribution is 2.26. The van der Waals surface area contributed by atoms with Crippen LogP contribution < -0.4 is 5.73 Å². The molecule has 2 N–H and O–H groups in total. The van der Waals surface area contributed by atoms with Gasteiger partial charge in [-0.15, -0.1) is 0 Å². The molecule has 0 radical (unpaired) electrons. The normalized spacial score (nSPS) is 19.1. The number of methoxy groups -OCH3 is 1. The van der Waals surface area contributed by atoms with Gasteiger partial charge in [-0.1, -0.05) is 41.0 Å². The summed E-state index contributed by atoms with van der Waals surface area (Å²) in [5.74, 6) is 0.685. The fourth-order valence-electron chi connectivity index (χ4n) is 1.93. The SMILES string of the molecule is CCC(C)CC(N)C(OC)C(C)(C)C. The summed E-state index contributed by atoms with van der Waals surface area (Å²) in [6.45, 7) is 11.0. The predicted molar refractivity (Wildman–Crippen MR) is 62.3 cm³/mol. The summed E-state index contributed by atoms with van der Waals surface area (Å²) < 4.78 is 5.50. The molecule has 0 aliphatic carbocycles. The van der Waals surface area contributed by atoms with Gasteiger partial charge in [0.05, 0.1) is 6.10 Å². The van der Waals surface area contributed by atoms with Gasteiger partial charge in [-0.3, -0.25) is 0 Å². The molecule has 0 aliphatic rings. The van der Waals surface area contributed by atoms with E-state index in [4.69, 9.17) is 10.5 Å². The van der Waals surface area contributed by atoms with E-state index < -0.39 is 0 Å². The summed E-state index contributed by atoms with van der Waals surface area (Å²) in [4.78, 5) is 0. The molecule has 0 aromatic heterocycles. The lowest BCUT2D eigenvalue weighted by Gasteiger charge is -2.35. The second kappa shape index (κ2) is 5.72. The van der Waals surface area contributed by atoms with Gasteiger partial charge in [-0.2, -0.15) is 0 Å². The summed E-state index contributed by atoms with van der Waals surface area (Å²) in [7, 11) is 1.76. The number of nitrogens with two attached hydrogens (primary N) is 1. The van der Waals surface area contributed by atoms with Crippen LogP contribution in [0.1, 0.15) is 47.5 Å². The number of hydrogen-bond acceptors (Lipinski definition) is 2. The van der Waals surface area contributed by atoms with E-state index in [0.717, 1.165) is 6.42 Å². The number of rotatable bonds is 5. The molecule has 0 aliphatic heterocycles. The van der Waals surface area contributed by atoms with Crippen molar-refractivity contribution in [2.75, 3.05) is 7.11 Å². The van der Waals surface area contributed by atoms with Gasteiger partial charge in [0.2, 0.25) is 0 Å². The van der Waals surface area contributed by atoms with E-state index >= 15 is 0 Å². The maximum Gasteiger partial charge on any atom is 0.0770 e. The van der Waals surface area contributed by atoms with E-state index in [1.807, 2.05) is 0 Å². The quantitative estimate of drug-likeness (QED) is 0.742. The molecule has 0 rings (SSSR count). The summed E-state index contributed by atoms with van der Waals surface area (Å²) in [6, 6.07) is 0.148. The zero-order valence-electron chi connectivity index (χ0n) is 10.6. The third kappa shape index (κ3) is 4.43. The topological polar surface area (TPSA) is 35.2 Å². The molecule has 0 amide bonds. The largest absolute Gasteiger partial charge is 0.379 e. The van der Waals surface area contributed by atoms with Gasteiger partial charge in [-0.05, 0) is 17.8 Å². The maximum atomic E-state index is 6.17. The summed E-state index contributed by atoms with van der Waals surface area (Å²) >= 11 is 0. The second-order valence-electron chi connectivity index (χ2n) is 5.44. The highest BCUT2D eigenvalue weighted by atomic mass is 16.5. The second-order valence-corrected chi connectivity index (χ2v) is 5.44. The average Bonchev–Trinajstić information content (AvgIpc) is 2.02. The van der Waals surface area contributed by atoms with Crippen LogP contribution in [0.2, 0.25) is 0 Å². The minimum atomic E-state index is 0.127. The van der Waals surface area contributed by atoms with Crippen molar-refractivity contribution < 1.29 is 4.74 Å². The van der Waals surface area contributed by atoms with Gasteiger partial charge in [0.1, 0.15) is 0 Å². The van der Waals surface area contributed by atoms with Crippen LogP contribution in [0, 0.1) is 11.3 Å². The van der Waals surface area contributed by atoms with Crippen molar-refractivity contribution in [2.45, 2.75) is 59.6 Å². The zero-order chi connectivity index (χ0) is 11.4. The van der Waals surface area contributed by atoms with Crippen molar-refractivity contribution in [3.8, 4) is 0 Å². The van der Waals surface area contributed by atoms with Crippen molar-refractivity contribution in [3.63, 3.8) is 0 Å². The fourth-order valence-corrected chi connectivity index (χ4v) is 1.93. The Labute approximate surface area is 89.2 Å². The van der Waals surface area contributed by atoms with Gasteiger partial charge in [0.15, 0.2) is 0 Å². The molecular weight excluding hydrogens is 174 g/mol. The van der Waals surface area contributed by atoms with Crippen molar-refractivity contribution in [3.05, 3.63) is 0 Å². The standard InChI is InChI=1S/C12H27NO/c1-7-9(2)8-10(13)11(14-6)12(3,4)5/h9-11H,7-8,13H2,1-6H3. The highest BCUT2D eigenvalue weighted by Gasteiger charge is 2.30. The molecule has 2 heteroatoms. The molecule has 14 heavy (non-hydrogen) atoms. The predicted octanol–water partition coefficient (Wildman–Crippen LogP) is 2.81. The first-order chi connectivity index (χ1) is 6.32. The van der Waals surface area contributed by atoms with E-state index in [1.54, 1.807) is 7.11 Å². The van der Waals surface area contributed by atoms with Crippen molar-refractivity contribution in [1.82, 2.24) is 0 Å². The van der Waals surface area contributed by atoms with Crippen LogP contribution in [0.25, 0.3) is 0 Å². The van der Waals surface area contributed by atoms with Gasteiger partial charge in [0, 0.05) is 13.2 Å². The first-order valence-electron chi connectivity index (χ1n) is 5.61. The Bertz CT molecular complexity index is 151. The van der Waals surface area contributed by atoms with Crippen molar-refractivity contribution >= 4 is 0 Å². The lowest BCUT2D eigenvalue weighted by Crippen LogP contribution is -2.45. The number of hydrogen-bond donors (Lipinski definition) is 1. The Balaban J connectivity index is 4.25. The Morgan fingerprint density at radius 1 is 1.29 bits per heavy atom. The average molecular weight is 201 g/mol. The lowest BCUT2D eigenvalue weighted by molar-refractivity contribution is -0.00664. The molecular formula is C12H27NO. The van der Waals surface area contributed by atoms with Crippen LogP contribution in [0.5, 0.6) is 0 Å². The molecule has 0 fully saturated rings. The Morgan fingerprint density at radius 2 is 1.79 bits per heavy atom. The van der Waals surface area contributed by atoms with E-state index in [1.165, 1.54) is 6.42 Å². The third-order valence-corrected chi connectivity index (χ3v) is 2.87. The molecule has 3 unspecified atom stereocenters. The van der Waals surface area contributed by atoms with Gasteiger partial charge in [0.25, 0.3) is 0 Å². The van der Waals surface area contributed by atoms with Gasteiger partial charge < -0.3 is 10.5 Å². The molecule has 0 aromatic rings. The maximum absolute atomic E-state index is 6.17. The van der Waals surface area contributed by atoms with Crippen LogP contribution in [0.15, 0.2) is 0 Å². The number of ether oxygens (including phenoxy) is 1. The van der Waals surface area contributed by atoms with Crippen LogP contribution in [-0.4, -0.2) is 19.3 Å². The smallest absolute Gasteiger partial charge is 0.0770 e. The highest BCUT2D eigenvalue weighted by molar-refractivity contribution is 4.84. The Morgan fingerprint density at radius 3 is 2.07 bits per heavy atom. The van der Waals surface area contributed by atoms with Crippen molar-refractivity contribution in [1.29, 1.82) is 0 Å². The van der Waals surface area contributed by atoms with Gasteiger partial charge in [-0.25, -0.2) is 0 Å². The third-order valence-electron chi connectivity index (χ3n) is 2.87. The molecule has 86 valence electrons.